The summed E-state index contributed by atoms with van der Waals surface area (Å²) in [6, 6.07) is 1.79. The lowest BCUT2D eigenvalue weighted by Crippen LogP contribution is -2.26. The zero-order valence-electron chi connectivity index (χ0n) is 10.0. The molecule has 2 rings (SSSR count). The van der Waals surface area contributed by atoms with E-state index < -0.39 is 0 Å². The first-order valence-corrected chi connectivity index (χ1v) is 5.83. The molecule has 0 radical (unpaired) electrons. The van der Waals surface area contributed by atoms with E-state index in [0.717, 1.165) is 0 Å². The van der Waals surface area contributed by atoms with Gasteiger partial charge in [-0.1, -0.05) is 16.8 Å². The summed E-state index contributed by atoms with van der Waals surface area (Å²) in [5, 5.41) is 16.5. The number of carbonyl (C=O) groups excluding carboxylic acids is 1. The molecule has 0 aliphatic carbocycles. The summed E-state index contributed by atoms with van der Waals surface area (Å²) < 4.78 is 1.81. The molecule has 0 aliphatic heterocycles. The van der Waals surface area contributed by atoms with Crippen LogP contribution in [0.15, 0.2) is 12.3 Å². The molecular formula is C10H13ClN6O. The number of nitrogens with zero attached hydrogens (tertiary/aromatic N) is 4. The number of aromatic nitrogens is 5. The minimum atomic E-state index is -0.222. The molecule has 2 aromatic heterocycles. The largest absolute Gasteiger partial charge is 0.343 e. The fourth-order valence-corrected chi connectivity index (χ4v) is 1.77. The number of tetrazole rings is 1. The summed E-state index contributed by atoms with van der Waals surface area (Å²) in [6.07, 6.45) is 1.73. The highest BCUT2D eigenvalue weighted by Gasteiger charge is 2.15. The molecule has 0 fully saturated rings. The number of hydrogen-bond donors (Lipinski definition) is 2. The monoisotopic (exact) mass is 268 g/mol. The summed E-state index contributed by atoms with van der Waals surface area (Å²) in [7, 11) is 0. The van der Waals surface area contributed by atoms with Gasteiger partial charge in [0.15, 0.2) is 5.82 Å². The first kappa shape index (κ1) is 12.6. The van der Waals surface area contributed by atoms with Crippen LogP contribution in [-0.2, 0) is 6.54 Å². The molecule has 2 heterocycles. The molecule has 2 aromatic rings. The Labute approximate surface area is 109 Å². The standard InChI is InChI=1S/C10H13ClN6O/c1-6(2)17-5-7(11)3-8(17)10(18)12-4-9-13-15-16-14-9/h3,5-6H,4H2,1-2H3,(H,12,18)(H,13,14,15,16). The molecule has 2 N–H and O–H groups in total. The fraction of sp³-hybridized carbons (Fsp3) is 0.400. The van der Waals surface area contributed by atoms with Gasteiger partial charge in [-0.2, -0.15) is 5.21 Å². The number of H-pyrrole nitrogens is 1. The molecule has 8 heteroatoms. The molecule has 0 unspecified atom stereocenters. The Morgan fingerprint density at radius 2 is 2.39 bits per heavy atom. The molecule has 0 saturated heterocycles. The van der Waals surface area contributed by atoms with Crippen molar-refractivity contribution in [2.75, 3.05) is 0 Å². The van der Waals surface area contributed by atoms with Gasteiger partial charge in [0.05, 0.1) is 11.6 Å². The summed E-state index contributed by atoms with van der Waals surface area (Å²) in [5.41, 5.74) is 0.512. The third-order valence-corrected chi connectivity index (χ3v) is 2.61. The smallest absolute Gasteiger partial charge is 0.268 e. The maximum atomic E-state index is 12.0. The number of aromatic amines is 1. The van der Waals surface area contributed by atoms with Crippen LogP contribution in [0.5, 0.6) is 0 Å². The molecule has 0 aliphatic rings. The highest BCUT2D eigenvalue weighted by Crippen LogP contribution is 2.18. The SMILES string of the molecule is CC(C)n1cc(Cl)cc1C(=O)NCc1nn[nH]n1. The van der Waals surface area contributed by atoms with Crippen molar-refractivity contribution >= 4 is 17.5 Å². The molecule has 0 bridgehead atoms. The van der Waals surface area contributed by atoms with E-state index in [4.69, 9.17) is 11.6 Å². The van der Waals surface area contributed by atoms with Crippen molar-refractivity contribution in [1.29, 1.82) is 0 Å². The van der Waals surface area contributed by atoms with Crippen LogP contribution in [-0.4, -0.2) is 31.1 Å². The Morgan fingerprint density at radius 1 is 1.61 bits per heavy atom. The number of hydrogen-bond acceptors (Lipinski definition) is 4. The maximum absolute atomic E-state index is 12.0. The third kappa shape index (κ3) is 2.67. The van der Waals surface area contributed by atoms with Gasteiger partial charge in [-0.3, -0.25) is 4.79 Å². The summed E-state index contributed by atoms with van der Waals surface area (Å²) in [6.45, 7) is 4.18. The van der Waals surface area contributed by atoms with E-state index in [1.165, 1.54) is 0 Å². The molecule has 18 heavy (non-hydrogen) atoms. The van der Waals surface area contributed by atoms with Gasteiger partial charge in [-0.05, 0) is 19.9 Å². The van der Waals surface area contributed by atoms with Crippen molar-refractivity contribution in [1.82, 2.24) is 30.5 Å². The first-order valence-electron chi connectivity index (χ1n) is 5.46. The van der Waals surface area contributed by atoms with Crippen molar-refractivity contribution < 1.29 is 4.79 Å². The highest BCUT2D eigenvalue weighted by atomic mass is 35.5. The Kier molecular flexibility index (Phi) is 3.61. The van der Waals surface area contributed by atoms with Crippen LogP contribution in [0.4, 0.5) is 0 Å². The lowest BCUT2D eigenvalue weighted by molar-refractivity contribution is 0.0939. The van der Waals surface area contributed by atoms with E-state index >= 15 is 0 Å². The zero-order chi connectivity index (χ0) is 13.1. The van der Waals surface area contributed by atoms with Crippen molar-refractivity contribution in [3.8, 4) is 0 Å². The lowest BCUT2D eigenvalue weighted by Gasteiger charge is -2.11. The number of carbonyl (C=O) groups is 1. The van der Waals surface area contributed by atoms with Crippen LogP contribution in [0.3, 0.4) is 0 Å². The summed E-state index contributed by atoms with van der Waals surface area (Å²) in [4.78, 5) is 12.0. The Balaban J connectivity index is 2.09. The second kappa shape index (κ2) is 5.18. The van der Waals surface area contributed by atoms with Crippen LogP contribution < -0.4 is 5.32 Å². The van der Waals surface area contributed by atoms with Gasteiger partial charge in [0.1, 0.15) is 5.69 Å². The van der Waals surface area contributed by atoms with Gasteiger partial charge in [0.25, 0.3) is 5.91 Å². The van der Waals surface area contributed by atoms with Crippen LogP contribution in [0.25, 0.3) is 0 Å². The van der Waals surface area contributed by atoms with Crippen LogP contribution >= 0.6 is 11.6 Å². The molecular weight excluding hydrogens is 256 g/mol. The number of amides is 1. The van der Waals surface area contributed by atoms with Gasteiger partial charge in [-0.25, -0.2) is 0 Å². The predicted molar refractivity (Wildman–Crippen MR) is 65.2 cm³/mol. The van der Waals surface area contributed by atoms with E-state index in [-0.39, 0.29) is 18.5 Å². The topological polar surface area (TPSA) is 88.5 Å². The zero-order valence-corrected chi connectivity index (χ0v) is 10.8. The van der Waals surface area contributed by atoms with E-state index in [0.29, 0.717) is 16.5 Å². The van der Waals surface area contributed by atoms with Crippen molar-refractivity contribution in [2.45, 2.75) is 26.4 Å². The maximum Gasteiger partial charge on any atom is 0.268 e. The minimum Gasteiger partial charge on any atom is -0.343 e. The average Bonchev–Trinajstić information content (AvgIpc) is 2.94. The van der Waals surface area contributed by atoms with Crippen molar-refractivity contribution in [2.24, 2.45) is 0 Å². The summed E-state index contributed by atoms with van der Waals surface area (Å²) in [5.74, 6) is 0.206. The van der Waals surface area contributed by atoms with Gasteiger partial charge in [-0.15, -0.1) is 10.2 Å². The second-order valence-electron chi connectivity index (χ2n) is 4.06. The van der Waals surface area contributed by atoms with Crippen LogP contribution in [0.2, 0.25) is 5.02 Å². The minimum absolute atomic E-state index is 0.156. The number of nitrogens with one attached hydrogen (secondary N) is 2. The van der Waals surface area contributed by atoms with E-state index in [1.54, 1.807) is 12.3 Å². The van der Waals surface area contributed by atoms with E-state index in [1.807, 2.05) is 18.4 Å². The fourth-order valence-electron chi connectivity index (χ4n) is 1.56. The number of halogens is 1. The van der Waals surface area contributed by atoms with E-state index in [2.05, 4.69) is 25.9 Å². The Hall–Kier alpha value is -1.89. The van der Waals surface area contributed by atoms with E-state index in [9.17, 15) is 4.79 Å². The molecule has 0 atom stereocenters. The van der Waals surface area contributed by atoms with Gasteiger partial charge in [0, 0.05) is 12.2 Å². The predicted octanol–water partition coefficient (Wildman–Crippen LogP) is 1.17. The normalized spacial score (nSPS) is 10.9. The molecule has 0 aromatic carbocycles. The van der Waals surface area contributed by atoms with Gasteiger partial charge >= 0.3 is 0 Å². The van der Waals surface area contributed by atoms with Crippen molar-refractivity contribution in [3.05, 3.63) is 28.8 Å². The van der Waals surface area contributed by atoms with Gasteiger partial charge in [0.2, 0.25) is 0 Å². The second-order valence-corrected chi connectivity index (χ2v) is 4.49. The molecule has 96 valence electrons. The van der Waals surface area contributed by atoms with Gasteiger partial charge < -0.3 is 9.88 Å². The first-order chi connectivity index (χ1) is 8.58. The highest BCUT2D eigenvalue weighted by molar-refractivity contribution is 6.31. The molecule has 1 amide bonds. The lowest BCUT2D eigenvalue weighted by atomic mass is 10.3. The Morgan fingerprint density at radius 3 is 3.00 bits per heavy atom. The quantitative estimate of drug-likeness (QED) is 0.871. The van der Waals surface area contributed by atoms with Crippen LogP contribution in [0.1, 0.15) is 36.2 Å². The summed E-state index contributed by atoms with van der Waals surface area (Å²) >= 11 is 5.91. The molecule has 0 spiro atoms. The van der Waals surface area contributed by atoms with Crippen molar-refractivity contribution in [3.63, 3.8) is 0 Å². The Bertz CT molecular complexity index is 533. The molecule has 0 saturated carbocycles. The third-order valence-electron chi connectivity index (χ3n) is 2.40. The number of rotatable bonds is 4. The average molecular weight is 269 g/mol. The molecule has 7 nitrogen and oxygen atoms in total. The van der Waals surface area contributed by atoms with Crippen LogP contribution in [0, 0.1) is 0 Å².